The molecule has 3 aromatic rings. The van der Waals surface area contributed by atoms with E-state index in [1.165, 1.54) is 6.07 Å². The van der Waals surface area contributed by atoms with Crippen molar-refractivity contribution in [2.75, 3.05) is 7.05 Å². The lowest BCUT2D eigenvalue weighted by molar-refractivity contribution is -0.109. The summed E-state index contributed by atoms with van der Waals surface area (Å²) in [4.78, 5) is 29.3. The maximum Gasteiger partial charge on any atom is 0.251 e. The number of carbonyl (C=O) groups excluding carboxylic acids is 1. The van der Waals surface area contributed by atoms with Crippen molar-refractivity contribution in [2.45, 2.75) is 51.6 Å². The highest BCUT2D eigenvalue weighted by Gasteiger charge is 2.33. The molecule has 0 bridgehead atoms. The molecule has 5 nitrogen and oxygen atoms in total. The fraction of sp³-hybridized carbons (Fsp3) is 0.375. The number of rotatable bonds is 4. The van der Waals surface area contributed by atoms with Gasteiger partial charge in [0.25, 0.3) is 5.56 Å². The molecule has 6 heteroatoms. The predicted octanol–water partition coefficient (Wildman–Crippen LogP) is 3.77. The number of benzene rings is 1. The number of aryl methyl sites for hydroxylation is 1. The van der Waals surface area contributed by atoms with Gasteiger partial charge in [-0.1, -0.05) is 6.92 Å². The van der Waals surface area contributed by atoms with Gasteiger partial charge in [0, 0.05) is 35.0 Å². The zero-order valence-corrected chi connectivity index (χ0v) is 17.4. The number of pyridine rings is 2. The largest absolute Gasteiger partial charge is 0.313 e. The minimum absolute atomic E-state index is 0.128. The van der Waals surface area contributed by atoms with Crippen LogP contribution in [0, 0.1) is 12.7 Å². The van der Waals surface area contributed by atoms with Gasteiger partial charge in [-0.3, -0.25) is 4.79 Å². The van der Waals surface area contributed by atoms with Crippen molar-refractivity contribution < 1.29 is 9.18 Å². The minimum Gasteiger partial charge on any atom is -0.313 e. The molecule has 0 radical (unpaired) electrons. The van der Waals surface area contributed by atoms with Crippen molar-refractivity contribution in [3.8, 4) is 11.4 Å². The molecule has 1 aliphatic carbocycles. The Bertz CT molecular complexity index is 1280. The molecule has 2 aromatic heterocycles. The van der Waals surface area contributed by atoms with Crippen LogP contribution in [0.1, 0.15) is 59.5 Å². The van der Waals surface area contributed by atoms with E-state index in [-0.39, 0.29) is 23.3 Å². The summed E-state index contributed by atoms with van der Waals surface area (Å²) in [5.41, 5.74) is 6.54. The van der Waals surface area contributed by atoms with Crippen LogP contribution in [0.3, 0.4) is 0 Å². The number of halogens is 1. The Kier molecular flexibility index (Phi) is 4.36. The molecule has 0 spiro atoms. The second-order valence-corrected chi connectivity index (χ2v) is 8.34. The van der Waals surface area contributed by atoms with Crippen LogP contribution in [0.25, 0.3) is 22.3 Å². The minimum atomic E-state index is -0.316. The van der Waals surface area contributed by atoms with Crippen molar-refractivity contribution in [2.24, 2.45) is 0 Å². The number of nitrogens with one attached hydrogen (secondary N) is 1. The first-order valence-corrected chi connectivity index (χ1v) is 10.5. The zero-order chi connectivity index (χ0) is 21.2. The molecule has 30 heavy (non-hydrogen) atoms. The Morgan fingerprint density at radius 3 is 2.83 bits per heavy atom. The third kappa shape index (κ3) is 2.53. The van der Waals surface area contributed by atoms with Crippen LogP contribution >= 0.6 is 0 Å². The normalized spacial score (nSPS) is 17.7. The van der Waals surface area contributed by atoms with Gasteiger partial charge in [0.1, 0.15) is 12.1 Å². The number of hydrogen-bond acceptors (Lipinski definition) is 4. The highest BCUT2D eigenvalue weighted by Crippen LogP contribution is 2.44. The molecule has 5 rings (SSSR count). The smallest absolute Gasteiger partial charge is 0.251 e. The molecule has 1 aromatic carbocycles. The van der Waals surface area contributed by atoms with E-state index in [0.29, 0.717) is 35.3 Å². The molecule has 1 N–H and O–H groups in total. The highest BCUT2D eigenvalue weighted by molar-refractivity contribution is 5.92. The van der Waals surface area contributed by atoms with E-state index in [0.717, 1.165) is 46.9 Å². The Balaban J connectivity index is 1.85. The lowest BCUT2D eigenvalue weighted by Gasteiger charge is -2.28. The summed E-state index contributed by atoms with van der Waals surface area (Å²) in [6, 6.07) is 5.11. The van der Waals surface area contributed by atoms with Gasteiger partial charge in [-0.25, -0.2) is 9.37 Å². The van der Waals surface area contributed by atoms with E-state index in [4.69, 9.17) is 4.98 Å². The summed E-state index contributed by atoms with van der Waals surface area (Å²) in [5.74, 6) is -0.557. The van der Waals surface area contributed by atoms with Crippen molar-refractivity contribution in [3.05, 3.63) is 62.2 Å². The van der Waals surface area contributed by atoms with Gasteiger partial charge in [0.05, 0.1) is 23.4 Å². The van der Waals surface area contributed by atoms with Crippen molar-refractivity contribution in [1.29, 1.82) is 0 Å². The molecular weight excluding hydrogens is 381 g/mol. The summed E-state index contributed by atoms with van der Waals surface area (Å²) in [7, 11) is 1.94. The predicted molar refractivity (Wildman–Crippen MR) is 114 cm³/mol. The Labute approximate surface area is 173 Å². The molecule has 1 aliphatic heterocycles. The summed E-state index contributed by atoms with van der Waals surface area (Å²) in [6.07, 6.45) is 3.19. The first-order valence-electron chi connectivity index (χ1n) is 10.5. The number of aromatic nitrogens is 2. The summed E-state index contributed by atoms with van der Waals surface area (Å²) >= 11 is 0. The zero-order valence-electron chi connectivity index (χ0n) is 17.4. The summed E-state index contributed by atoms with van der Waals surface area (Å²) in [5, 5.41) is 4.43. The van der Waals surface area contributed by atoms with Gasteiger partial charge < -0.3 is 14.7 Å². The second-order valence-electron chi connectivity index (χ2n) is 8.34. The molecular formula is C24H24FN3O2. The standard InChI is InChI=1S/C24H24FN3O2/c1-4-13(11-29)14-7-20-24-16(10-28(20)21(30)8-14)23-18(26-3)6-5-15-12(2)17(25)9-19(27-24)22(15)23/h7-9,11,13,18,26H,4-6,10H2,1-3H3. The van der Waals surface area contributed by atoms with Gasteiger partial charge in [0.2, 0.25) is 0 Å². The number of nitrogens with zero attached hydrogens (tertiary/aromatic N) is 2. The van der Waals surface area contributed by atoms with E-state index < -0.39 is 0 Å². The second kappa shape index (κ2) is 6.84. The van der Waals surface area contributed by atoms with Gasteiger partial charge in [-0.05, 0) is 61.6 Å². The average molecular weight is 405 g/mol. The SMILES string of the molecule is CCC(C=O)c1cc2n(c(=O)c1)Cc1c-2nc2cc(F)c(C)c3c2c1C(NC)CC3. The van der Waals surface area contributed by atoms with E-state index in [1.54, 1.807) is 10.6 Å². The number of carbonyl (C=O) groups is 1. The quantitative estimate of drug-likeness (QED) is 0.525. The Morgan fingerprint density at radius 1 is 1.33 bits per heavy atom. The van der Waals surface area contributed by atoms with E-state index in [9.17, 15) is 14.0 Å². The van der Waals surface area contributed by atoms with Crippen molar-refractivity contribution in [1.82, 2.24) is 14.9 Å². The molecule has 3 heterocycles. The van der Waals surface area contributed by atoms with Crippen molar-refractivity contribution in [3.63, 3.8) is 0 Å². The fourth-order valence-electron chi connectivity index (χ4n) is 5.19. The summed E-state index contributed by atoms with van der Waals surface area (Å²) < 4.78 is 16.4. The highest BCUT2D eigenvalue weighted by atomic mass is 19.1. The first kappa shape index (κ1) is 19.1. The van der Waals surface area contributed by atoms with Crippen LogP contribution in [0.2, 0.25) is 0 Å². The monoisotopic (exact) mass is 405 g/mol. The molecule has 0 amide bonds. The summed E-state index contributed by atoms with van der Waals surface area (Å²) in [6.45, 7) is 4.21. The number of fused-ring (bicyclic) bond motifs is 4. The average Bonchev–Trinajstić information content (AvgIpc) is 3.11. The molecule has 0 saturated heterocycles. The lowest BCUT2D eigenvalue weighted by Crippen LogP contribution is -2.24. The van der Waals surface area contributed by atoms with Crippen LogP contribution in [-0.4, -0.2) is 22.9 Å². The first-order chi connectivity index (χ1) is 14.5. The molecule has 2 aliphatic rings. The van der Waals surface area contributed by atoms with Crippen LogP contribution in [0.4, 0.5) is 4.39 Å². The number of hydrogen-bond donors (Lipinski definition) is 1. The third-order valence-corrected chi connectivity index (χ3v) is 6.87. The maximum atomic E-state index is 14.7. The van der Waals surface area contributed by atoms with Crippen LogP contribution in [0.15, 0.2) is 23.0 Å². The van der Waals surface area contributed by atoms with Crippen molar-refractivity contribution >= 4 is 17.2 Å². The number of aldehydes is 1. The Morgan fingerprint density at radius 2 is 2.13 bits per heavy atom. The van der Waals surface area contributed by atoms with Crippen LogP contribution in [-0.2, 0) is 17.8 Å². The molecule has 154 valence electrons. The van der Waals surface area contributed by atoms with Gasteiger partial charge in [-0.2, -0.15) is 0 Å². The van der Waals surface area contributed by atoms with E-state index in [2.05, 4.69) is 5.32 Å². The van der Waals surface area contributed by atoms with E-state index >= 15 is 0 Å². The topological polar surface area (TPSA) is 64.0 Å². The molecule has 0 fully saturated rings. The van der Waals surface area contributed by atoms with Crippen LogP contribution < -0.4 is 10.9 Å². The third-order valence-electron chi connectivity index (χ3n) is 6.87. The Hall–Kier alpha value is -2.86. The van der Waals surface area contributed by atoms with Gasteiger partial charge in [0.15, 0.2) is 0 Å². The molecule has 2 atom stereocenters. The maximum absolute atomic E-state index is 14.7. The molecule has 0 saturated carbocycles. The fourth-order valence-corrected chi connectivity index (χ4v) is 5.19. The van der Waals surface area contributed by atoms with E-state index in [1.807, 2.05) is 27.0 Å². The van der Waals surface area contributed by atoms with Crippen LogP contribution in [0.5, 0.6) is 0 Å². The van der Waals surface area contributed by atoms with Gasteiger partial charge in [-0.15, -0.1) is 0 Å². The lowest BCUT2D eigenvalue weighted by atomic mass is 9.82. The molecule has 2 unspecified atom stereocenters. The van der Waals surface area contributed by atoms with Gasteiger partial charge >= 0.3 is 0 Å².